The fourth-order valence-corrected chi connectivity index (χ4v) is 5.51. The summed E-state index contributed by atoms with van der Waals surface area (Å²) in [6, 6.07) is 12.7. The normalized spacial score (nSPS) is 18.9. The molecular formula is C27H33NO4S. The number of aryl methyl sites for hydroxylation is 2. The fraction of sp³-hybridized carbons (Fsp3) is 0.407. The van der Waals surface area contributed by atoms with E-state index in [1.54, 1.807) is 4.31 Å². The molecule has 2 aliphatic rings. The van der Waals surface area contributed by atoms with Gasteiger partial charge in [0.15, 0.2) is 0 Å². The minimum atomic E-state index is -3.12. The minimum absolute atomic E-state index is 0.228. The largest absolute Gasteiger partial charge is 0.493 e. The zero-order valence-corrected chi connectivity index (χ0v) is 20.5. The van der Waals surface area contributed by atoms with Gasteiger partial charge in [0.05, 0.1) is 12.9 Å². The van der Waals surface area contributed by atoms with Crippen molar-refractivity contribution < 1.29 is 17.9 Å². The highest BCUT2D eigenvalue weighted by atomic mass is 32.2. The maximum absolute atomic E-state index is 11.7. The zero-order valence-electron chi connectivity index (χ0n) is 19.7. The Bertz CT molecular complexity index is 1140. The predicted molar refractivity (Wildman–Crippen MR) is 133 cm³/mol. The molecule has 1 aliphatic heterocycles. The second-order valence-electron chi connectivity index (χ2n) is 9.09. The van der Waals surface area contributed by atoms with Crippen LogP contribution in [0.15, 0.2) is 60.4 Å². The Morgan fingerprint density at radius 3 is 2.52 bits per heavy atom. The minimum Gasteiger partial charge on any atom is -0.493 e. The molecule has 0 unspecified atom stereocenters. The molecule has 1 fully saturated rings. The van der Waals surface area contributed by atoms with E-state index in [4.69, 9.17) is 9.47 Å². The van der Waals surface area contributed by atoms with Crippen molar-refractivity contribution in [2.75, 3.05) is 26.0 Å². The van der Waals surface area contributed by atoms with Crippen molar-refractivity contribution in [3.63, 3.8) is 0 Å². The van der Waals surface area contributed by atoms with Crippen LogP contribution < -0.4 is 4.74 Å². The van der Waals surface area contributed by atoms with Crippen molar-refractivity contribution >= 4 is 10.0 Å². The molecule has 6 heteroatoms. The molecule has 1 atom stereocenters. The summed E-state index contributed by atoms with van der Waals surface area (Å²) in [7, 11) is -3.12. The molecule has 33 heavy (non-hydrogen) atoms. The average Bonchev–Trinajstić information content (AvgIpc) is 3.27. The maximum Gasteiger partial charge on any atom is 0.211 e. The van der Waals surface area contributed by atoms with E-state index in [0.29, 0.717) is 26.3 Å². The van der Waals surface area contributed by atoms with E-state index >= 15 is 0 Å². The summed E-state index contributed by atoms with van der Waals surface area (Å²) in [5, 5.41) is 0. The number of nitrogens with zero attached hydrogens (tertiary/aromatic N) is 1. The van der Waals surface area contributed by atoms with Crippen LogP contribution in [0.1, 0.15) is 36.0 Å². The molecule has 0 spiro atoms. The second-order valence-corrected chi connectivity index (χ2v) is 11.1. The van der Waals surface area contributed by atoms with Gasteiger partial charge in [0.25, 0.3) is 0 Å². The Morgan fingerprint density at radius 1 is 1.06 bits per heavy atom. The predicted octanol–water partition coefficient (Wildman–Crippen LogP) is 5.38. The Kier molecular flexibility index (Phi) is 7.25. The highest BCUT2D eigenvalue weighted by molar-refractivity contribution is 7.88. The van der Waals surface area contributed by atoms with Crippen LogP contribution in [0.25, 0.3) is 11.1 Å². The summed E-state index contributed by atoms with van der Waals surface area (Å²) in [5.74, 6) is 2.01. The summed E-state index contributed by atoms with van der Waals surface area (Å²) >= 11 is 0. The molecule has 1 saturated heterocycles. The van der Waals surface area contributed by atoms with Crippen LogP contribution >= 0.6 is 0 Å². The second kappa shape index (κ2) is 10.1. The standard InChI is InChI=1S/C27H33NO4S/c1-20-14-26(32-19-23-12-13-28(17-23)33(3,29)30)15-21(2)27(20)24-9-7-8-22(16-24)18-31-25-10-5-4-6-11-25/h5,7-11,14-16,23H,4,6,12-13,17-19H2,1-3H3/t23-/m1/s1. The van der Waals surface area contributed by atoms with Crippen molar-refractivity contribution in [3.8, 4) is 16.9 Å². The monoisotopic (exact) mass is 467 g/mol. The third kappa shape index (κ3) is 6.06. The van der Waals surface area contributed by atoms with Crippen molar-refractivity contribution in [1.82, 2.24) is 4.31 Å². The molecular weight excluding hydrogens is 434 g/mol. The van der Waals surface area contributed by atoms with Gasteiger partial charge >= 0.3 is 0 Å². The van der Waals surface area contributed by atoms with Gasteiger partial charge in [0.2, 0.25) is 10.0 Å². The van der Waals surface area contributed by atoms with Crippen LogP contribution in [0.5, 0.6) is 5.75 Å². The van der Waals surface area contributed by atoms with Crippen LogP contribution in [-0.4, -0.2) is 38.7 Å². The lowest BCUT2D eigenvalue weighted by Gasteiger charge is -2.17. The summed E-state index contributed by atoms with van der Waals surface area (Å²) in [6.07, 6.45) is 10.6. The van der Waals surface area contributed by atoms with Crippen molar-refractivity contribution in [2.45, 2.75) is 39.7 Å². The van der Waals surface area contributed by atoms with Gasteiger partial charge < -0.3 is 9.47 Å². The van der Waals surface area contributed by atoms with Crippen LogP contribution in [0.3, 0.4) is 0 Å². The molecule has 0 amide bonds. The van der Waals surface area contributed by atoms with Crippen LogP contribution in [0.4, 0.5) is 0 Å². The third-order valence-corrected chi connectivity index (χ3v) is 7.56. The molecule has 1 aliphatic carbocycles. The molecule has 0 radical (unpaired) electrons. The molecule has 4 rings (SSSR count). The van der Waals surface area contributed by atoms with E-state index in [-0.39, 0.29) is 5.92 Å². The lowest BCUT2D eigenvalue weighted by Crippen LogP contribution is -2.28. The van der Waals surface area contributed by atoms with E-state index in [2.05, 4.69) is 62.4 Å². The molecule has 176 valence electrons. The molecule has 1 heterocycles. The molecule has 0 bridgehead atoms. The van der Waals surface area contributed by atoms with Crippen molar-refractivity contribution in [1.29, 1.82) is 0 Å². The van der Waals surface area contributed by atoms with Gasteiger partial charge in [-0.3, -0.25) is 0 Å². The number of allylic oxidation sites excluding steroid dienone is 3. The molecule has 0 saturated carbocycles. The van der Waals surface area contributed by atoms with E-state index in [1.807, 2.05) is 6.08 Å². The first kappa shape index (κ1) is 23.6. The van der Waals surface area contributed by atoms with E-state index in [0.717, 1.165) is 47.5 Å². The summed E-state index contributed by atoms with van der Waals surface area (Å²) in [5.41, 5.74) is 5.84. The summed E-state index contributed by atoms with van der Waals surface area (Å²) < 4.78 is 37.0. The van der Waals surface area contributed by atoms with Gasteiger partial charge in [-0.15, -0.1) is 0 Å². The number of sulfonamides is 1. The first-order valence-corrected chi connectivity index (χ1v) is 13.4. The molecule has 5 nitrogen and oxygen atoms in total. The molecule has 2 aromatic rings. The quantitative estimate of drug-likeness (QED) is 0.523. The highest BCUT2D eigenvalue weighted by Gasteiger charge is 2.28. The Hall–Kier alpha value is -2.57. The smallest absolute Gasteiger partial charge is 0.211 e. The third-order valence-electron chi connectivity index (χ3n) is 6.29. The van der Waals surface area contributed by atoms with Gasteiger partial charge in [-0.1, -0.05) is 24.3 Å². The van der Waals surface area contributed by atoms with E-state index in [9.17, 15) is 8.42 Å². The summed E-state index contributed by atoms with van der Waals surface area (Å²) in [4.78, 5) is 0. The Balaban J connectivity index is 1.42. The van der Waals surface area contributed by atoms with Gasteiger partial charge in [-0.2, -0.15) is 0 Å². The lowest BCUT2D eigenvalue weighted by atomic mass is 9.94. The Labute approximate surface area is 197 Å². The van der Waals surface area contributed by atoms with Crippen LogP contribution in [-0.2, 0) is 21.4 Å². The van der Waals surface area contributed by atoms with Gasteiger partial charge in [-0.05, 0) is 91.3 Å². The first-order valence-electron chi connectivity index (χ1n) is 11.6. The molecule has 0 N–H and O–H groups in total. The average molecular weight is 468 g/mol. The lowest BCUT2D eigenvalue weighted by molar-refractivity contribution is 0.209. The first-order chi connectivity index (χ1) is 15.8. The zero-order chi connectivity index (χ0) is 23.4. The SMILES string of the molecule is Cc1cc(OC[C@@H]2CCN(S(C)(=O)=O)C2)cc(C)c1-c1cccc(COC2=CCCC=C2)c1. The maximum atomic E-state index is 11.7. The summed E-state index contributed by atoms with van der Waals surface area (Å²) in [6.45, 7) is 6.42. The highest BCUT2D eigenvalue weighted by Crippen LogP contribution is 2.32. The number of benzene rings is 2. The fourth-order valence-electron chi connectivity index (χ4n) is 4.59. The van der Waals surface area contributed by atoms with Crippen LogP contribution in [0, 0.1) is 19.8 Å². The molecule has 2 aromatic carbocycles. The van der Waals surface area contributed by atoms with E-state index in [1.165, 1.54) is 17.4 Å². The number of hydrogen-bond acceptors (Lipinski definition) is 4. The van der Waals surface area contributed by atoms with Crippen LogP contribution in [0.2, 0.25) is 0 Å². The van der Waals surface area contributed by atoms with Crippen molar-refractivity contribution in [3.05, 3.63) is 77.1 Å². The van der Waals surface area contributed by atoms with Gasteiger partial charge in [0.1, 0.15) is 18.1 Å². The van der Waals surface area contributed by atoms with Gasteiger partial charge in [0, 0.05) is 19.0 Å². The Morgan fingerprint density at radius 2 is 1.85 bits per heavy atom. The number of hydrogen-bond donors (Lipinski definition) is 0. The topological polar surface area (TPSA) is 55.8 Å². The molecule has 0 aromatic heterocycles. The van der Waals surface area contributed by atoms with Gasteiger partial charge in [-0.25, -0.2) is 12.7 Å². The van der Waals surface area contributed by atoms with E-state index < -0.39 is 10.0 Å². The number of rotatable bonds is 8. The van der Waals surface area contributed by atoms with Crippen molar-refractivity contribution in [2.24, 2.45) is 5.92 Å². The number of ether oxygens (including phenoxy) is 2.